The van der Waals surface area contributed by atoms with Crippen LogP contribution in [-0.4, -0.2) is 5.98 Å². The fourth-order valence-electron chi connectivity index (χ4n) is 2.71. The zero-order chi connectivity index (χ0) is 14.7. The SMILES string of the molecule is CC1=CC[C]([Hf+2]([NH]c2ccccc2C(C)C)[SiH](C)C)=C1.[Cl-].[Cl-]. The number of benzene rings is 1. The van der Waals surface area contributed by atoms with Gasteiger partial charge in [-0.3, -0.25) is 0 Å². The van der Waals surface area contributed by atoms with Gasteiger partial charge < -0.3 is 24.8 Å². The van der Waals surface area contributed by atoms with Crippen LogP contribution in [0, 0.1) is 0 Å². The number of allylic oxidation sites excluding steroid dienone is 4. The van der Waals surface area contributed by atoms with E-state index in [2.05, 4.69) is 73.6 Å². The largest absolute Gasteiger partial charge is 1.00 e. The first-order valence-corrected chi connectivity index (χ1v) is 20.3. The van der Waals surface area contributed by atoms with Crippen molar-refractivity contribution >= 4 is 11.7 Å². The monoisotopic (exact) mass is 522 g/mol. The molecule has 22 heavy (non-hydrogen) atoms. The van der Waals surface area contributed by atoms with E-state index in [1.54, 1.807) is 3.33 Å². The average Bonchev–Trinajstić information content (AvgIpc) is 2.82. The Bertz CT molecular complexity index is 541. The second-order valence-corrected chi connectivity index (χ2v) is 31.9. The molecule has 0 bridgehead atoms. The van der Waals surface area contributed by atoms with Crippen LogP contribution in [0.4, 0.5) is 5.69 Å². The van der Waals surface area contributed by atoms with Crippen molar-refractivity contribution in [3.05, 3.63) is 50.9 Å². The third kappa shape index (κ3) is 5.66. The maximum absolute atomic E-state index is 4.06. The molecule has 2 rings (SSSR count). The van der Waals surface area contributed by atoms with Crippen LogP contribution in [0.2, 0.25) is 13.1 Å². The van der Waals surface area contributed by atoms with Gasteiger partial charge in [-0.1, -0.05) is 0 Å². The van der Waals surface area contributed by atoms with E-state index in [1.165, 1.54) is 23.2 Å². The van der Waals surface area contributed by atoms with Crippen molar-refractivity contribution < 1.29 is 45.7 Å². The van der Waals surface area contributed by atoms with Gasteiger partial charge in [0, 0.05) is 0 Å². The Balaban J connectivity index is 0.00000220. The number of anilines is 1. The Labute approximate surface area is 157 Å². The van der Waals surface area contributed by atoms with Crippen molar-refractivity contribution in [1.29, 1.82) is 0 Å². The summed E-state index contributed by atoms with van der Waals surface area (Å²) in [6, 6.07) is 8.90. The van der Waals surface area contributed by atoms with Gasteiger partial charge in [0.15, 0.2) is 0 Å². The second-order valence-electron chi connectivity index (χ2n) is 6.26. The van der Waals surface area contributed by atoms with Gasteiger partial charge in [-0.2, -0.15) is 0 Å². The molecule has 1 aromatic carbocycles. The quantitative estimate of drug-likeness (QED) is 0.490. The van der Waals surface area contributed by atoms with E-state index in [0.717, 1.165) is 0 Å². The number of halogens is 2. The van der Waals surface area contributed by atoms with Crippen molar-refractivity contribution in [1.82, 2.24) is 0 Å². The molecule has 0 saturated carbocycles. The van der Waals surface area contributed by atoms with Gasteiger partial charge in [-0.15, -0.1) is 0 Å². The van der Waals surface area contributed by atoms with E-state index < -0.39 is 26.9 Å². The fourth-order valence-corrected chi connectivity index (χ4v) is 22.7. The predicted molar refractivity (Wildman–Crippen MR) is 89.5 cm³/mol. The normalized spacial score (nSPS) is 13.2. The molecule has 5 heteroatoms. The molecule has 0 saturated heterocycles. The molecule has 0 fully saturated rings. The van der Waals surface area contributed by atoms with Gasteiger partial charge in [-0.25, -0.2) is 0 Å². The van der Waals surface area contributed by atoms with Gasteiger partial charge in [-0.05, 0) is 0 Å². The Morgan fingerprint density at radius 2 is 1.77 bits per heavy atom. The molecule has 0 amide bonds. The number of rotatable bonds is 5. The van der Waals surface area contributed by atoms with Crippen molar-refractivity contribution in [3.8, 4) is 0 Å². The molecule has 0 aromatic heterocycles. The van der Waals surface area contributed by atoms with Crippen molar-refractivity contribution in [2.75, 3.05) is 3.30 Å². The molecule has 0 heterocycles. The third-order valence-corrected chi connectivity index (χ3v) is 27.3. The summed E-state index contributed by atoms with van der Waals surface area (Å²) in [5.41, 5.74) is 4.36. The van der Waals surface area contributed by atoms with E-state index in [-0.39, 0.29) is 24.8 Å². The molecule has 1 aliphatic rings. The Morgan fingerprint density at radius 3 is 2.27 bits per heavy atom. The second kappa shape index (κ2) is 10.1. The maximum Gasteiger partial charge on any atom is -1.00 e. The van der Waals surface area contributed by atoms with E-state index >= 15 is 0 Å². The van der Waals surface area contributed by atoms with Crippen LogP contribution < -0.4 is 28.1 Å². The van der Waals surface area contributed by atoms with Gasteiger partial charge in [0.25, 0.3) is 0 Å². The molecule has 121 valence electrons. The van der Waals surface area contributed by atoms with Crippen molar-refractivity contribution in [2.24, 2.45) is 0 Å². The summed E-state index contributed by atoms with van der Waals surface area (Å²) in [5.74, 6) is 0.00734. The average molecular weight is 522 g/mol. The molecule has 0 aliphatic heterocycles. The molecule has 0 spiro atoms. The number of hydrogen-bond donors (Lipinski definition) is 1. The molecular formula is C17H26Cl2HfNSi. The zero-order valence-corrected chi connectivity index (χ0v) is 20.3. The first-order valence-electron chi connectivity index (χ1n) is 7.59. The summed E-state index contributed by atoms with van der Waals surface area (Å²) < 4.78 is 5.85. The smallest absolute Gasteiger partial charge is 1.00 e. The van der Waals surface area contributed by atoms with Crippen LogP contribution in [0.25, 0.3) is 0 Å². The summed E-state index contributed by atoms with van der Waals surface area (Å²) in [6.45, 7) is 11.9. The molecule has 1 aliphatic carbocycles. The molecule has 1 N–H and O–H groups in total. The maximum atomic E-state index is 4.06. The summed E-state index contributed by atoms with van der Waals surface area (Å²) in [5, 5.41) is 0. The van der Waals surface area contributed by atoms with Gasteiger partial charge in [0.1, 0.15) is 0 Å². The molecule has 0 unspecified atom stereocenters. The molecular weight excluding hydrogens is 496 g/mol. The molecule has 1 aromatic rings. The van der Waals surface area contributed by atoms with Crippen molar-refractivity contribution in [3.63, 3.8) is 0 Å². The molecule has 1 nitrogen and oxygen atoms in total. The third-order valence-electron chi connectivity index (χ3n) is 3.82. The van der Waals surface area contributed by atoms with Crippen LogP contribution in [0.3, 0.4) is 0 Å². The van der Waals surface area contributed by atoms with Crippen LogP contribution >= 0.6 is 0 Å². The zero-order valence-electron chi connectivity index (χ0n) is 14.1. The van der Waals surface area contributed by atoms with Gasteiger partial charge in [0.05, 0.1) is 0 Å². The summed E-state index contributed by atoms with van der Waals surface area (Å²) in [7, 11) is 0. The fraction of sp³-hybridized carbons (Fsp3) is 0.412. The van der Waals surface area contributed by atoms with Crippen LogP contribution in [-0.2, 0) is 20.9 Å². The molecule has 0 atom stereocenters. The van der Waals surface area contributed by atoms with Crippen LogP contribution in [0.15, 0.2) is 45.3 Å². The minimum atomic E-state index is -1.83. The number of para-hydroxylation sites is 1. The predicted octanol–water partition coefficient (Wildman–Crippen LogP) is -1.02. The Kier molecular flexibility index (Phi) is 10.2. The van der Waals surface area contributed by atoms with Crippen LogP contribution in [0.1, 0.15) is 38.7 Å². The minimum absolute atomic E-state index is 0. The summed E-state index contributed by atoms with van der Waals surface area (Å²) in [6.07, 6.45) is 6.09. The standard InChI is InChI=1S/C9H12N.C6H7.C2H7Si.2ClH.Hf/c1-7(2)8-5-3-4-6-9(8)10;1-6-4-2-3-5-6;1-3-2;;;/h3-7,10H,1-2H3;4-5H,2H2,1H3;3H,1-2H3;2*1H;/q-1;;;;;+3/p-2. The summed E-state index contributed by atoms with van der Waals surface area (Å²) >= 11 is -1.83. The first-order chi connectivity index (χ1) is 9.49. The topological polar surface area (TPSA) is 12.0 Å². The van der Waals surface area contributed by atoms with Gasteiger partial charge in [0.2, 0.25) is 0 Å². The van der Waals surface area contributed by atoms with E-state index in [1.807, 2.05) is 0 Å². The Morgan fingerprint density at radius 1 is 1.14 bits per heavy atom. The van der Waals surface area contributed by atoms with Crippen molar-refractivity contribution in [2.45, 2.75) is 46.2 Å². The summed E-state index contributed by atoms with van der Waals surface area (Å²) in [4.78, 5) is 0. The minimum Gasteiger partial charge on any atom is -1.00 e. The van der Waals surface area contributed by atoms with E-state index in [4.69, 9.17) is 0 Å². The van der Waals surface area contributed by atoms with E-state index in [9.17, 15) is 0 Å². The van der Waals surface area contributed by atoms with E-state index in [0.29, 0.717) is 5.92 Å². The Hall–Kier alpha value is 0.167. The molecule has 0 radical (unpaired) electrons. The number of nitrogens with one attached hydrogen (secondary N) is 1. The first kappa shape index (κ1) is 22.2. The van der Waals surface area contributed by atoms with Crippen LogP contribution in [0.5, 0.6) is 0 Å². The number of hydrogen-bond acceptors (Lipinski definition) is 1. The van der Waals surface area contributed by atoms with Gasteiger partial charge >= 0.3 is 133 Å².